The number of H-pyrrole nitrogens is 1. The van der Waals surface area contributed by atoms with Crippen LogP contribution in [0.5, 0.6) is 0 Å². The first kappa shape index (κ1) is 18.5. The number of halogens is 2. The van der Waals surface area contributed by atoms with E-state index in [-0.39, 0.29) is 15.2 Å². The summed E-state index contributed by atoms with van der Waals surface area (Å²) in [5.41, 5.74) is -0.0922. The number of amides is 1. The molecule has 0 spiro atoms. The lowest BCUT2D eigenvalue weighted by atomic mass is 10.1. The summed E-state index contributed by atoms with van der Waals surface area (Å²) in [7, 11) is 1.42. The molecule has 1 amide bonds. The van der Waals surface area contributed by atoms with Crippen molar-refractivity contribution in [2.24, 2.45) is 7.05 Å². The van der Waals surface area contributed by atoms with Crippen LogP contribution in [-0.4, -0.2) is 27.2 Å². The van der Waals surface area contributed by atoms with Crippen molar-refractivity contribution in [2.75, 3.05) is 6.54 Å². The molecule has 0 aliphatic heterocycles. The molecule has 0 radical (unpaired) electrons. The van der Waals surface area contributed by atoms with Crippen LogP contribution in [0.1, 0.15) is 39.3 Å². The molecule has 0 bridgehead atoms. The lowest BCUT2D eigenvalue weighted by Gasteiger charge is -2.04. The molecule has 1 aromatic carbocycles. The van der Waals surface area contributed by atoms with Crippen LogP contribution in [0.15, 0.2) is 23.0 Å². The number of hydrogen-bond acceptors (Lipinski definition) is 3. The summed E-state index contributed by atoms with van der Waals surface area (Å²) in [6, 6.07) is 3.39. The van der Waals surface area contributed by atoms with E-state index in [0.29, 0.717) is 18.4 Å². The SMILES string of the molecule is CC.Cn1nc(C(=O)NCCCc2ccc(F)cc2F)[nH]c1=O.[HH].[HH]. The second-order valence-electron chi connectivity index (χ2n) is 4.50. The van der Waals surface area contributed by atoms with Crippen molar-refractivity contribution in [1.29, 1.82) is 0 Å². The normalized spacial score (nSPS) is 9.96. The van der Waals surface area contributed by atoms with Gasteiger partial charge in [-0.25, -0.2) is 18.3 Å². The van der Waals surface area contributed by atoms with E-state index >= 15 is 0 Å². The molecule has 0 aliphatic rings. The number of benzene rings is 1. The van der Waals surface area contributed by atoms with Gasteiger partial charge >= 0.3 is 5.69 Å². The van der Waals surface area contributed by atoms with Crippen molar-refractivity contribution in [1.82, 2.24) is 20.1 Å². The first-order chi connectivity index (χ1) is 11.0. The number of aromatic amines is 1. The van der Waals surface area contributed by atoms with Crippen LogP contribution >= 0.6 is 0 Å². The Hall–Kier alpha value is -2.51. The van der Waals surface area contributed by atoms with Gasteiger partial charge in [0.1, 0.15) is 11.6 Å². The number of carbonyl (C=O) groups excluding carboxylic acids is 1. The fourth-order valence-corrected chi connectivity index (χ4v) is 1.79. The number of carbonyl (C=O) groups is 1. The number of rotatable bonds is 5. The van der Waals surface area contributed by atoms with Gasteiger partial charge in [0.15, 0.2) is 0 Å². The second kappa shape index (κ2) is 8.82. The van der Waals surface area contributed by atoms with Crippen LogP contribution in [-0.2, 0) is 13.5 Å². The van der Waals surface area contributed by atoms with Crippen molar-refractivity contribution in [3.05, 3.63) is 51.7 Å². The molecule has 2 rings (SSSR count). The summed E-state index contributed by atoms with van der Waals surface area (Å²) in [5, 5.41) is 6.26. The van der Waals surface area contributed by atoms with Crippen LogP contribution in [0.4, 0.5) is 8.78 Å². The molecule has 0 saturated carbocycles. The predicted octanol–water partition coefficient (Wildman–Crippen LogP) is 2.27. The minimum atomic E-state index is -0.622. The zero-order chi connectivity index (χ0) is 17.4. The Morgan fingerprint density at radius 3 is 2.65 bits per heavy atom. The first-order valence-electron chi connectivity index (χ1n) is 7.33. The molecule has 23 heavy (non-hydrogen) atoms. The lowest BCUT2D eigenvalue weighted by molar-refractivity contribution is 0.0942. The third-order valence-electron chi connectivity index (χ3n) is 2.91. The third kappa shape index (κ3) is 5.32. The highest BCUT2D eigenvalue weighted by Gasteiger charge is 2.11. The van der Waals surface area contributed by atoms with E-state index in [0.717, 1.165) is 10.7 Å². The summed E-state index contributed by atoms with van der Waals surface area (Å²) in [5.74, 6) is -1.80. The molecule has 0 saturated heterocycles. The molecule has 0 unspecified atom stereocenters. The Morgan fingerprint density at radius 1 is 1.39 bits per heavy atom. The molecule has 130 valence electrons. The molecule has 1 heterocycles. The number of nitrogens with zero attached hydrogens (tertiary/aromatic N) is 2. The van der Waals surface area contributed by atoms with Crippen LogP contribution in [0.25, 0.3) is 0 Å². The molecule has 2 N–H and O–H groups in total. The maximum absolute atomic E-state index is 13.4. The maximum atomic E-state index is 13.4. The van der Waals surface area contributed by atoms with Crippen molar-refractivity contribution in [2.45, 2.75) is 26.7 Å². The number of aryl methyl sites for hydroxylation is 2. The van der Waals surface area contributed by atoms with Gasteiger partial charge in [-0.2, -0.15) is 0 Å². The van der Waals surface area contributed by atoms with Crippen LogP contribution in [0, 0.1) is 11.6 Å². The van der Waals surface area contributed by atoms with E-state index in [1.165, 1.54) is 19.2 Å². The van der Waals surface area contributed by atoms with Gasteiger partial charge in [-0.3, -0.25) is 9.78 Å². The van der Waals surface area contributed by atoms with E-state index < -0.39 is 23.2 Å². The Bertz CT molecular complexity index is 720. The summed E-state index contributed by atoms with van der Waals surface area (Å²) < 4.78 is 27.1. The van der Waals surface area contributed by atoms with E-state index in [1.54, 1.807) is 0 Å². The standard InChI is InChI=1S/C13H14F2N4O2.C2H6.2H2/c1-19-13(21)17-11(18-19)12(20)16-6-2-3-8-4-5-9(14)7-10(8)15;1-2;;/h4-5,7H,2-3,6H2,1H3,(H,16,20)(H,17,18,21);1-2H3;2*1H. The molecule has 1 aromatic heterocycles. The Balaban J connectivity index is 0. The Morgan fingerprint density at radius 2 is 2.09 bits per heavy atom. The smallest absolute Gasteiger partial charge is 0.343 e. The van der Waals surface area contributed by atoms with Crippen LogP contribution in [0.3, 0.4) is 0 Å². The fraction of sp³-hybridized carbons (Fsp3) is 0.400. The van der Waals surface area contributed by atoms with E-state index in [4.69, 9.17) is 0 Å². The average molecular weight is 330 g/mol. The van der Waals surface area contributed by atoms with E-state index in [2.05, 4.69) is 15.4 Å². The van der Waals surface area contributed by atoms with E-state index in [9.17, 15) is 18.4 Å². The monoisotopic (exact) mass is 330 g/mol. The predicted molar refractivity (Wildman–Crippen MR) is 86.4 cm³/mol. The van der Waals surface area contributed by atoms with Crippen molar-refractivity contribution in [3.63, 3.8) is 0 Å². The summed E-state index contributed by atoms with van der Waals surface area (Å²) in [6.45, 7) is 4.29. The number of hydrogen-bond donors (Lipinski definition) is 2. The van der Waals surface area contributed by atoms with Crippen molar-refractivity contribution >= 4 is 5.91 Å². The highest BCUT2D eigenvalue weighted by Crippen LogP contribution is 2.11. The van der Waals surface area contributed by atoms with Gasteiger partial charge < -0.3 is 5.32 Å². The third-order valence-corrected chi connectivity index (χ3v) is 2.91. The number of aromatic nitrogens is 3. The second-order valence-corrected chi connectivity index (χ2v) is 4.50. The average Bonchev–Trinajstić information content (AvgIpc) is 2.87. The van der Waals surface area contributed by atoms with Gasteiger partial charge in [-0.15, -0.1) is 5.10 Å². The van der Waals surface area contributed by atoms with Crippen LogP contribution in [0.2, 0.25) is 0 Å². The van der Waals surface area contributed by atoms with Crippen LogP contribution < -0.4 is 11.0 Å². The molecule has 6 nitrogen and oxygen atoms in total. The minimum Gasteiger partial charge on any atom is -0.349 e. The van der Waals surface area contributed by atoms with Gasteiger partial charge in [0.05, 0.1) is 0 Å². The summed E-state index contributed by atoms with van der Waals surface area (Å²) in [6.07, 6.45) is 0.844. The molecule has 0 atom stereocenters. The Labute approximate surface area is 135 Å². The Kier molecular flexibility index (Phi) is 7.11. The van der Waals surface area contributed by atoms with Gasteiger partial charge in [0.25, 0.3) is 5.91 Å². The molecule has 8 heteroatoms. The van der Waals surface area contributed by atoms with Gasteiger partial charge in [-0.1, -0.05) is 19.9 Å². The lowest BCUT2D eigenvalue weighted by Crippen LogP contribution is -2.26. The van der Waals surface area contributed by atoms with Crippen molar-refractivity contribution in [3.8, 4) is 0 Å². The first-order valence-corrected chi connectivity index (χ1v) is 7.33. The maximum Gasteiger partial charge on any atom is 0.343 e. The largest absolute Gasteiger partial charge is 0.349 e. The molecule has 2 aromatic rings. The van der Waals surface area contributed by atoms with E-state index in [1.807, 2.05) is 13.8 Å². The van der Waals surface area contributed by atoms with Gasteiger partial charge in [0, 0.05) is 22.5 Å². The van der Waals surface area contributed by atoms with Gasteiger partial charge in [-0.05, 0) is 24.5 Å². The zero-order valence-electron chi connectivity index (χ0n) is 13.3. The molecular formula is C15H24F2N4O2. The molecular weight excluding hydrogens is 306 g/mol. The fourth-order valence-electron chi connectivity index (χ4n) is 1.79. The highest BCUT2D eigenvalue weighted by atomic mass is 19.1. The van der Waals surface area contributed by atoms with Crippen molar-refractivity contribution < 1.29 is 16.4 Å². The summed E-state index contributed by atoms with van der Waals surface area (Å²) >= 11 is 0. The number of nitrogens with one attached hydrogen (secondary N) is 2. The summed E-state index contributed by atoms with van der Waals surface area (Å²) in [4.78, 5) is 25.1. The minimum absolute atomic E-state index is 0. The quantitative estimate of drug-likeness (QED) is 0.825. The van der Waals surface area contributed by atoms with Gasteiger partial charge in [0.2, 0.25) is 5.82 Å². The zero-order valence-corrected chi connectivity index (χ0v) is 13.3. The molecule has 0 aliphatic carbocycles. The topological polar surface area (TPSA) is 79.8 Å². The highest BCUT2D eigenvalue weighted by molar-refractivity contribution is 5.90. The molecule has 0 fully saturated rings.